The topological polar surface area (TPSA) is 61.2 Å². The van der Waals surface area contributed by atoms with Gasteiger partial charge in [-0.2, -0.15) is 5.26 Å². The van der Waals surface area contributed by atoms with Crippen molar-refractivity contribution in [3.05, 3.63) is 35.4 Å². The lowest BCUT2D eigenvalue weighted by molar-refractivity contribution is 0.346. The van der Waals surface area contributed by atoms with Crippen LogP contribution in [-0.4, -0.2) is 25.8 Å². The molecule has 0 amide bonds. The van der Waals surface area contributed by atoms with Crippen LogP contribution in [0, 0.1) is 11.3 Å². The molecule has 1 aromatic carbocycles. The van der Waals surface area contributed by atoms with Gasteiger partial charge in [0, 0.05) is 13.1 Å². The molecule has 0 spiro atoms. The molecule has 0 atom stereocenters. The predicted molar refractivity (Wildman–Crippen MR) is 69.2 cm³/mol. The summed E-state index contributed by atoms with van der Waals surface area (Å²) in [6.45, 7) is 1.22. The predicted octanol–water partition coefficient (Wildman–Crippen LogP) is 1.87. The van der Waals surface area contributed by atoms with Crippen molar-refractivity contribution >= 4 is 10.0 Å². The molecule has 2 rings (SSSR count). The molecule has 0 bridgehead atoms. The van der Waals surface area contributed by atoms with Gasteiger partial charge in [-0.3, -0.25) is 0 Å². The van der Waals surface area contributed by atoms with Crippen molar-refractivity contribution in [2.45, 2.75) is 25.0 Å². The monoisotopic (exact) mass is 264 g/mol. The van der Waals surface area contributed by atoms with E-state index in [0.717, 1.165) is 19.3 Å². The third-order valence-electron chi connectivity index (χ3n) is 3.18. The normalized spacial score (nSPS) is 17.3. The third-order valence-corrected chi connectivity index (χ3v) is 5.01. The Bertz CT molecular complexity index is 555. The summed E-state index contributed by atoms with van der Waals surface area (Å²) in [4.78, 5) is 0. The van der Waals surface area contributed by atoms with E-state index in [1.54, 1.807) is 28.6 Å². The Kier molecular flexibility index (Phi) is 4.00. The first-order valence-electron chi connectivity index (χ1n) is 6.09. The fraction of sp³-hybridized carbons (Fsp3) is 0.462. The van der Waals surface area contributed by atoms with Crippen LogP contribution in [0.1, 0.15) is 30.4 Å². The summed E-state index contributed by atoms with van der Waals surface area (Å²) in [5.41, 5.74) is 1.03. The van der Waals surface area contributed by atoms with E-state index >= 15 is 0 Å². The van der Waals surface area contributed by atoms with Crippen LogP contribution >= 0.6 is 0 Å². The second-order valence-corrected chi connectivity index (χ2v) is 6.45. The highest BCUT2D eigenvalue weighted by atomic mass is 32.2. The fourth-order valence-corrected chi connectivity index (χ4v) is 3.83. The molecule has 0 N–H and O–H groups in total. The van der Waals surface area contributed by atoms with Gasteiger partial charge in [0.1, 0.15) is 0 Å². The van der Waals surface area contributed by atoms with Gasteiger partial charge in [-0.05, 0) is 24.5 Å². The zero-order valence-electron chi connectivity index (χ0n) is 10.2. The van der Waals surface area contributed by atoms with E-state index in [1.165, 1.54) is 0 Å². The number of hydrogen-bond donors (Lipinski definition) is 0. The van der Waals surface area contributed by atoms with Crippen molar-refractivity contribution in [3.63, 3.8) is 0 Å². The molecule has 1 fully saturated rings. The number of rotatable bonds is 3. The quantitative estimate of drug-likeness (QED) is 0.837. The van der Waals surface area contributed by atoms with Crippen LogP contribution in [0.3, 0.4) is 0 Å². The van der Waals surface area contributed by atoms with E-state index < -0.39 is 10.0 Å². The Morgan fingerprint density at radius 1 is 1.17 bits per heavy atom. The molecular formula is C13H16N2O2S. The van der Waals surface area contributed by atoms with Crippen molar-refractivity contribution in [1.29, 1.82) is 5.26 Å². The highest BCUT2D eigenvalue weighted by Crippen LogP contribution is 2.18. The lowest BCUT2D eigenvalue weighted by Gasteiger charge is -2.26. The fourth-order valence-electron chi connectivity index (χ4n) is 2.19. The van der Waals surface area contributed by atoms with Gasteiger partial charge in [0.25, 0.3) is 0 Å². The largest absolute Gasteiger partial charge is 0.218 e. The van der Waals surface area contributed by atoms with Crippen LogP contribution in [0.15, 0.2) is 24.3 Å². The van der Waals surface area contributed by atoms with Crippen LogP contribution in [0.5, 0.6) is 0 Å². The van der Waals surface area contributed by atoms with Gasteiger partial charge < -0.3 is 0 Å². The molecule has 1 heterocycles. The lowest BCUT2D eigenvalue weighted by Crippen LogP contribution is -2.36. The smallest absolute Gasteiger partial charge is 0.212 e. The van der Waals surface area contributed by atoms with Gasteiger partial charge in [-0.1, -0.05) is 24.6 Å². The van der Waals surface area contributed by atoms with E-state index in [-0.39, 0.29) is 5.75 Å². The number of benzene rings is 1. The van der Waals surface area contributed by atoms with Gasteiger partial charge in [-0.25, -0.2) is 12.7 Å². The highest BCUT2D eigenvalue weighted by molar-refractivity contribution is 7.88. The van der Waals surface area contributed by atoms with E-state index in [2.05, 4.69) is 0 Å². The van der Waals surface area contributed by atoms with Crippen molar-refractivity contribution in [1.82, 2.24) is 4.31 Å². The molecule has 1 aliphatic heterocycles. The van der Waals surface area contributed by atoms with Crippen molar-refractivity contribution in [2.75, 3.05) is 13.1 Å². The van der Waals surface area contributed by atoms with Crippen LogP contribution in [0.2, 0.25) is 0 Å². The minimum absolute atomic E-state index is 0.0727. The molecule has 1 aromatic rings. The Balaban J connectivity index is 2.19. The number of nitrogens with zero attached hydrogens (tertiary/aromatic N) is 2. The first-order chi connectivity index (χ1) is 8.63. The molecule has 0 radical (unpaired) electrons. The van der Waals surface area contributed by atoms with Crippen molar-refractivity contribution in [3.8, 4) is 6.07 Å². The molecule has 96 valence electrons. The summed E-state index contributed by atoms with van der Waals surface area (Å²) in [6, 6.07) is 8.91. The Morgan fingerprint density at radius 3 is 2.50 bits per heavy atom. The summed E-state index contributed by atoms with van der Waals surface area (Å²) in [6.07, 6.45) is 2.96. The molecule has 18 heavy (non-hydrogen) atoms. The standard InChI is InChI=1S/C13H16N2O2S/c14-10-12-6-2-3-7-13(12)11-18(16,17)15-8-4-1-5-9-15/h2-3,6-7H,1,4-5,8-9,11H2. The van der Waals surface area contributed by atoms with Gasteiger partial charge in [0.15, 0.2) is 0 Å². The Hall–Kier alpha value is -1.38. The van der Waals surface area contributed by atoms with Crippen LogP contribution in [-0.2, 0) is 15.8 Å². The van der Waals surface area contributed by atoms with Gasteiger partial charge in [0.2, 0.25) is 10.0 Å². The number of sulfonamides is 1. The zero-order chi connectivity index (χ0) is 13.0. The summed E-state index contributed by atoms with van der Waals surface area (Å²) in [5, 5.41) is 8.97. The maximum absolute atomic E-state index is 12.2. The van der Waals surface area contributed by atoms with Gasteiger partial charge in [-0.15, -0.1) is 0 Å². The first-order valence-corrected chi connectivity index (χ1v) is 7.70. The molecule has 0 aromatic heterocycles. The minimum Gasteiger partial charge on any atom is -0.212 e. The van der Waals surface area contributed by atoms with Crippen molar-refractivity contribution in [2.24, 2.45) is 0 Å². The van der Waals surface area contributed by atoms with Crippen molar-refractivity contribution < 1.29 is 8.42 Å². The van der Waals surface area contributed by atoms with Crippen LogP contribution in [0.4, 0.5) is 0 Å². The molecule has 1 saturated heterocycles. The second kappa shape index (κ2) is 5.51. The highest BCUT2D eigenvalue weighted by Gasteiger charge is 2.24. The van der Waals surface area contributed by atoms with E-state index in [4.69, 9.17) is 5.26 Å². The van der Waals surface area contributed by atoms with E-state index in [1.807, 2.05) is 6.07 Å². The Morgan fingerprint density at radius 2 is 1.83 bits per heavy atom. The van der Waals surface area contributed by atoms with Crippen LogP contribution < -0.4 is 0 Å². The van der Waals surface area contributed by atoms with E-state index in [9.17, 15) is 8.42 Å². The van der Waals surface area contributed by atoms with Gasteiger partial charge >= 0.3 is 0 Å². The average molecular weight is 264 g/mol. The summed E-state index contributed by atoms with van der Waals surface area (Å²) in [7, 11) is -3.29. The summed E-state index contributed by atoms with van der Waals surface area (Å²) in [5.74, 6) is -0.0727. The molecule has 4 nitrogen and oxygen atoms in total. The third kappa shape index (κ3) is 2.89. The molecule has 0 unspecified atom stereocenters. The maximum Gasteiger partial charge on any atom is 0.218 e. The summed E-state index contributed by atoms with van der Waals surface area (Å²) < 4.78 is 26.0. The second-order valence-electron chi connectivity index (χ2n) is 4.48. The molecule has 1 aliphatic rings. The molecule has 0 saturated carbocycles. The number of nitriles is 1. The Labute approximate surface area is 108 Å². The number of hydrogen-bond acceptors (Lipinski definition) is 3. The summed E-state index contributed by atoms with van der Waals surface area (Å²) >= 11 is 0. The lowest BCUT2D eigenvalue weighted by atomic mass is 10.1. The SMILES string of the molecule is N#Cc1ccccc1CS(=O)(=O)N1CCCCC1. The molecular weight excluding hydrogens is 248 g/mol. The first kappa shape index (κ1) is 13.1. The molecule has 5 heteroatoms. The number of piperidine rings is 1. The zero-order valence-corrected chi connectivity index (χ0v) is 11.0. The van der Waals surface area contributed by atoms with Gasteiger partial charge in [0.05, 0.1) is 17.4 Å². The minimum atomic E-state index is -3.29. The van der Waals surface area contributed by atoms with E-state index in [0.29, 0.717) is 24.2 Å². The molecule has 0 aliphatic carbocycles. The van der Waals surface area contributed by atoms with Crippen LogP contribution in [0.25, 0.3) is 0 Å². The average Bonchev–Trinajstić information content (AvgIpc) is 2.40. The maximum atomic E-state index is 12.2.